The molecule has 0 atom stereocenters. The van der Waals surface area contributed by atoms with Crippen LogP contribution in [0.1, 0.15) is 6.42 Å². The van der Waals surface area contributed by atoms with Gasteiger partial charge in [0.1, 0.15) is 11.5 Å². The molecule has 0 heterocycles. The number of hydrogen-bond donors (Lipinski definition) is 1. The summed E-state index contributed by atoms with van der Waals surface area (Å²) in [5.74, 6) is 1.21. The summed E-state index contributed by atoms with van der Waals surface area (Å²) in [5, 5.41) is 9.77. The minimum Gasteiger partial charge on any atom is -0.508 e. The van der Waals surface area contributed by atoms with Gasteiger partial charge in [-0.15, -0.1) is 0 Å². The Morgan fingerprint density at radius 2 is 1.60 bits per heavy atom. The number of phenolic OH excluding ortho intramolecular Hbond substituents is 1. The van der Waals surface area contributed by atoms with Crippen molar-refractivity contribution in [3.8, 4) is 11.5 Å². The summed E-state index contributed by atoms with van der Waals surface area (Å²) in [6.45, 7) is 0.766. The molecule has 0 aliphatic heterocycles. The van der Waals surface area contributed by atoms with Crippen LogP contribution in [0.4, 0.5) is 0 Å². The van der Waals surface area contributed by atoms with Crippen molar-refractivity contribution < 1.29 is 9.84 Å². The first-order chi connectivity index (χ1) is 9.61. The molecule has 20 heavy (non-hydrogen) atoms. The summed E-state index contributed by atoms with van der Waals surface area (Å²) >= 11 is 9.93. The molecule has 2 aromatic rings. The van der Waals surface area contributed by atoms with E-state index in [0.29, 0.717) is 5.75 Å². The Labute approximate surface area is 144 Å². The van der Waals surface area contributed by atoms with Gasteiger partial charge in [-0.25, -0.2) is 0 Å². The molecule has 0 saturated carbocycles. The summed E-state index contributed by atoms with van der Waals surface area (Å²) in [5.41, 5.74) is 0. The maximum absolute atomic E-state index is 8.78. The first-order valence-electron chi connectivity index (χ1n) is 6.00. The van der Waals surface area contributed by atoms with E-state index in [1.165, 1.54) is 0 Å². The number of rotatable bonds is 4. The maximum Gasteiger partial charge on any atom is 0.120 e. The number of halogens is 3. The Hall–Kier alpha value is -0.520. The zero-order chi connectivity index (χ0) is 14.8. The van der Waals surface area contributed by atoms with Crippen molar-refractivity contribution >= 4 is 47.8 Å². The number of benzene rings is 2. The predicted octanol–water partition coefficient (Wildman–Crippen LogP) is 5.77. The average molecular weight is 467 g/mol. The molecule has 0 aliphatic rings. The maximum atomic E-state index is 8.78. The summed E-state index contributed by atoms with van der Waals surface area (Å²) in [4.78, 5) is 0. The van der Waals surface area contributed by atoms with E-state index in [0.717, 1.165) is 33.1 Å². The van der Waals surface area contributed by atoms with Crippen molar-refractivity contribution in [2.75, 3.05) is 11.9 Å². The van der Waals surface area contributed by atoms with Crippen molar-refractivity contribution in [2.45, 2.75) is 6.42 Å². The average Bonchev–Trinajstić information content (AvgIpc) is 2.39. The van der Waals surface area contributed by atoms with E-state index in [2.05, 4.69) is 47.8 Å². The number of alkyl halides is 1. The van der Waals surface area contributed by atoms with Gasteiger partial charge in [0.15, 0.2) is 0 Å². The molecular weight excluding hydrogens is 452 g/mol. The van der Waals surface area contributed by atoms with Crippen molar-refractivity contribution in [3.63, 3.8) is 0 Å². The van der Waals surface area contributed by atoms with Crippen LogP contribution in [0.2, 0.25) is 0 Å². The van der Waals surface area contributed by atoms with Crippen LogP contribution < -0.4 is 4.74 Å². The van der Waals surface area contributed by atoms with Gasteiger partial charge in [-0.3, -0.25) is 0 Å². The highest BCUT2D eigenvalue weighted by Crippen LogP contribution is 2.17. The van der Waals surface area contributed by atoms with Crippen LogP contribution in [-0.4, -0.2) is 17.0 Å². The van der Waals surface area contributed by atoms with Gasteiger partial charge in [0.25, 0.3) is 0 Å². The first kappa shape index (κ1) is 17.5. The van der Waals surface area contributed by atoms with Gasteiger partial charge in [0.05, 0.1) is 6.61 Å². The monoisotopic (exact) mass is 464 g/mol. The zero-order valence-electron chi connectivity index (χ0n) is 10.7. The van der Waals surface area contributed by atoms with Gasteiger partial charge in [-0.2, -0.15) is 0 Å². The standard InChI is InChI=1S/C9H10Br2O.C6H5BrO/c10-5-2-6-12-9-4-1-3-8(11)7-9;7-5-2-1-3-6(8)4-5/h1,3-4,7H,2,5-6H2;1-4,8H. The highest BCUT2D eigenvalue weighted by molar-refractivity contribution is 9.10. The highest BCUT2D eigenvalue weighted by Gasteiger charge is 1.93. The lowest BCUT2D eigenvalue weighted by atomic mass is 10.3. The molecule has 1 N–H and O–H groups in total. The van der Waals surface area contributed by atoms with Crippen LogP contribution in [0.15, 0.2) is 57.5 Å². The Balaban J connectivity index is 0.000000217. The van der Waals surface area contributed by atoms with Crippen LogP contribution in [0.25, 0.3) is 0 Å². The molecule has 0 saturated heterocycles. The normalized spacial score (nSPS) is 9.55. The van der Waals surface area contributed by atoms with Crippen molar-refractivity contribution in [2.24, 2.45) is 0 Å². The van der Waals surface area contributed by atoms with Gasteiger partial charge in [-0.05, 0) is 42.8 Å². The van der Waals surface area contributed by atoms with Gasteiger partial charge in [-0.1, -0.05) is 59.9 Å². The van der Waals surface area contributed by atoms with E-state index < -0.39 is 0 Å². The molecule has 0 fully saturated rings. The van der Waals surface area contributed by atoms with E-state index in [-0.39, 0.29) is 0 Å². The van der Waals surface area contributed by atoms with Crippen molar-refractivity contribution in [3.05, 3.63) is 57.5 Å². The lowest BCUT2D eigenvalue weighted by Gasteiger charge is -2.04. The van der Waals surface area contributed by atoms with Gasteiger partial charge in [0, 0.05) is 14.3 Å². The minimum atomic E-state index is 0.291. The Morgan fingerprint density at radius 3 is 2.10 bits per heavy atom. The second-order valence-electron chi connectivity index (χ2n) is 3.83. The van der Waals surface area contributed by atoms with Crippen LogP contribution in [0.3, 0.4) is 0 Å². The third kappa shape index (κ3) is 7.92. The second kappa shape index (κ2) is 10.2. The number of phenols is 1. The zero-order valence-corrected chi connectivity index (χ0v) is 15.5. The largest absolute Gasteiger partial charge is 0.508 e. The van der Waals surface area contributed by atoms with E-state index in [1.54, 1.807) is 18.2 Å². The van der Waals surface area contributed by atoms with Crippen LogP contribution >= 0.6 is 47.8 Å². The molecule has 0 aromatic heterocycles. The molecule has 0 amide bonds. The molecule has 0 aliphatic carbocycles. The van der Waals surface area contributed by atoms with E-state index in [4.69, 9.17) is 9.84 Å². The lowest BCUT2D eigenvalue weighted by Crippen LogP contribution is -1.97. The summed E-state index contributed by atoms with van der Waals surface area (Å²) in [7, 11) is 0. The second-order valence-corrected chi connectivity index (χ2v) is 6.45. The fourth-order valence-corrected chi connectivity index (χ4v) is 2.27. The van der Waals surface area contributed by atoms with E-state index in [1.807, 2.05) is 30.3 Å². The highest BCUT2D eigenvalue weighted by atomic mass is 79.9. The quantitative estimate of drug-likeness (QED) is 0.458. The predicted molar refractivity (Wildman–Crippen MR) is 93.9 cm³/mol. The van der Waals surface area contributed by atoms with Crippen LogP contribution in [-0.2, 0) is 0 Å². The Bertz CT molecular complexity index is 501. The number of hydrogen-bond acceptors (Lipinski definition) is 2. The molecule has 108 valence electrons. The molecule has 0 spiro atoms. The minimum absolute atomic E-state index is 0.291. The van der Waals surface area contributed by atoms with Gasteiger partial charge < -0.3 is 9.84 Å². The fourth-order valence-electron chi connectivity index (χ4n) is 1.28. The summed E-state index contributed by atoms with van der Waals surface area (Å²) in [6, 6.07) is 14.8. The molecular formula is C15H15Br3O2. The first-order valence-corrected chi connectivity index (χ1v) is 8.71. The smallest absolute Gasteiger partial charge is 0.120 e. The number of ether oxygens (including phenoxy) is 1. The molecule has 0 unspecified atom stereocenters. The third-order valence-corrected chi connectivity index (χ3v) is 3.70. The fraction of sp³-hybridized carbons (Fsp3) is 0.200. The topological polar surface area (TPSA) is 29.5 Å². The lowest BCUT2D eigenvalue weighted by molar-refractivity contribution is 0.319. The van der Waals surface area contributed by atoms with E-state index in [9.17, 15) is 0 Å². The van der Waals surface area contributed by atoms with Gasteiger partial charge >= 0.3 is 0 Å². The van der Waals surface area contributed by atoms with Crippen molar-refractivity contribution in [1.82, 2.24) is 0 Å². The Kier molecular flexibility index (Phi) is 8.98. The molecule has 0 radical (unpaired) electrons. The molecule has 2 aromatic carbocycles. The molecule has 0 bridgehead atoms. The van der Waals surface area contributed by atoms with Crippen LogP contribution in [0, 0.1) is 0 Å². The molecule has 5 heteroatoms. The summed E-state index contributed by atoms with van der Waals surface area (Å²) < 4.78 is 7.42. The third-order valence-electron chi connectivity index (χ3n) is 2.15. The SMILES string of the molecule is BrCCCOc1cccc(Br)c1.Oc1cccc(Br)c1. The number of aromatic hydroxyl groups is 1. The summed E-state index contributed by atoms with van der Waals surface area (Å²) in [6.07, 6.45) is 1.03. The van der Waals surface area contributed by atoms with E-state index >= 15 is 0 Å². The van der Waals surface area contributed by atoms with Gasteiger partial charge in [0.2, 0.25) is 0 Å². The molecule has 2 rings (SSSR count). The Morgan fingerprint density at radius 1 is 0.950 bits per heavy atom. The van der Waals surface area contributed by atoms with Crippen molar-refractivity contribution in [1.29, 1.82) is 0 Å². The van der Waals surface area contributed by atoms with Crippen LogP contribution in [0.5, 0.6) is 11.5 Å². The molecule has 2 nitrogen and oxygen atoms in total.